The normalized spacial score (nSPS) is 10.0. The van der Waals surface area contributed by atoms with Gasteiger partial charge in [-0.05, 0) is 35.2 Å². The zero-order valence-electron chi connectivity index (χ0n) is 8.31. The molecule has 0 fully saturated rings. The molecule has 0 amide bonds. The molecule has 80 valence electrons. The van der Waals surface area contributed by atoms with E-state index in [2.05, 4.69) is 0 Å². The van der Waals surface area contributed by atoms with Crippen molar-refractivity contribution in [2.45, 2.75) is 9.96 Å². The number of hydrogen-bond acceptors (Lipinski definition) is 3. The Balaban J connectivity index is 2.10. The quantitative estimate of drug-likeness (QED) is 0.766. The van der Waals surface area contributed by atoms with E-state index in [1.54, 1.807) is 29.2 Å². The van der Waals surface area contributed by atoms with Crippen molar-refractivity contribution in [2.24, 2.45) is 0 Å². The van der Waals surface area contributed by atoms with Gasteiger partial charge < -0.3 is 0 Å². The lowest BCUT2D eigenvalue weighted by Gasteiger charge is -2.01. The first-order valence-corrected chi connectivity index (χ1v) is 6.50. The van der Waals surface area contributed by atoms with E-state index in [9.17, 15) is 4.39 Å². The fourth-order valence-electron chi connectivity index (χ4n) is 1.30. The minimum absolute atomic E-state index is 0.346. The van der Waals surface area contributed by atoms with E-state index in [1.807, 2.05) is 23.6 Å². The summed E-state index contributed by atoms with van der Waals surface area (Å²) >= 11 is 3.31. The second-order valence-corrected chi connectivity index (χ2v) is 5.40. The van der Waals surface area contributed by atoms with Gasteiger partial charge in [0.25, 0.3) is 0 Å². The summed E-state index contributed by atoms with van der Waals surface area (Å²) < 4.78 is 14.3. The second kappa shape index (κ2) is 5.15. The van der Waals surface area contributed by atoms with E-state index < -0.39 is 0 Å². The Morgan fingerprint density at radius 1 is 1.38 bits per heavy atom. The van der Waals surface area contributed by atoms with E-state index >= 15 is 0 Å². The summed E-state index contributed by atoms with van der Waals surface area (Å²) in [5.74, 6) is 0.341. The van der Waals surface area contributed by atoms with Gasteiger partial charge in [0.15, 0.2) is 0 Å². The van der Waals surface area contributed by atoms with Crippen molar-refractivity contribution in [3.8, 4) is 6.07 Å². The number of thiophene rings is 1. The molecule has 16 heavy (non-hydrogen) atoms. The van der Waals surface area contributed by atoms with E-state index in [4.69, 9.17) is 5.26 Å². The number of thioether (sulfide) groups is 1. The number of benzene rings is 1. The molecule has 0 spiro atoms. The van der Waals surface area contributed by atoms with Crippen molar-refractivity contribution in [2.75, 3.05) is 0 Å². The number of halogens is 1. The molecule has 0 unspecified atom stereocenters. The first-order valence-electron chi connectivity index (χ1n) is 4.64. The highest BCUT2D eigenvalue weighted by Gasteiger charge is 2.02. The largest absolute Gasteiger partial charge is 0.207 e. The monoisotopic (exact) mass is 249 g/mol. The van der Waals surface area contributed by atoms with Crippen LogP contribution in [0.4, 0.5) is 4.39 Å². The first-order chi connectivity index (χ1) is 7.78. The topological polar surface area (TPSA) is 23.8 Å². The van der Waals surface area contributed by atoms with Crippen LogP contribution in [0.5, 0.6) is 0 Å². The van der Waals surface area contributed by atoms with E-state index in [1.165, 1.54) is 16.3 Å². The van der Waals surface area contributed by atoms with Crippen LogP contribution in [-0.2, 0) is 5.75 Å². The Morgan fingerprint density at radius 3 is 2.94 bits per heavy atom. The maximum atomic E-state index is 13.1. The number of rotatable bonds is 3. The van der Waals surface area contributed by atoms with Crippen LogP contribution in [0.2, 0.25) is 0 Å². The van der Waals surface area contributed by atoms with Gasteiger partial charge >= 0.3 is 0 Å². The Kier molecular flexibility index (Phi) is 3.60. The van der Waals surface area contributed by atoms with Crippen LogP contribution < -0.4 is 0 Å². The fraction of sp³-hybridized carbons (Fsp3) is 0.0833. The van der Waals surface area contributed by atoms with Gasteiger partial charge in [0.2, 0.25) is 0 Å². The average molecular weight is 249 g/mol. The fourth-order valence-corrected chi connectivity index (χ4v) is 3.01. The summed E-state index contributed by atoms with van der Waals surface area (Å²) in [6.07, 6.45) is 0. The van der Waals surface area contributed by atoms with Crippen LogP contribution in [0.3, 0.4) is 0 Å². The first kappa shape index (κ1) is 11.2. The third-order valence-corrected chi connectivity index (χ3v) is 4.16. The van der Waals surface area contributed by atoms with Crippen molar-refractivity contribution in [1.29, 1.82) is 5.26 Å². The summed E-state index contributed by atoms with van der Waals surface area (Å²) in [7, 11) is 0. The van der Waals surface area contributed by atoms with Crippen molar-refractivity contribution < 1.29 is 4.39 Å². The molecule has 0 saturated heterocycles. The minimum Gasteiger partial charge on any atom is -0.207 e. The molecule has 0 atom stereocenters. The second-order valence-electron chi connectivity index (χ2n) is 3.18. The van der Waals surface area contributed by atoms with Gasteiger partial charge in [0.1, 0.15) is 5.82 Å². The van der Waals surface area contributed by atoms with E-state index in [0.717, 1.165) is 5.56 Å². The molecule has 0 N–H and O–H groups in total. The zero-order chi connectivity index (χ0) is 11.4. The highest BCUT2D eigenvalue weighted by Crippen LogP contribution is 2.27. The van der Waals surface area contributed by atoms with Crippen LogP contribution in [0, 0.1) is 17.1 Å². The summed E-state index contributed by atoms with van der Waals surface area (Å²) in [4.78, 5) is 0. The molecule has 4 heteroatoms. The molecular weight excluding hydrogens is 241 g/mol. The average Bonchev–Trinajstić information content (AvgIpc) is 2.78. The lowest BCUT2D eigenvalue weighted by molar-refractivity contribution is 0.626. The van der Waals surface area contributed by atoms with Crippen LogP contribution in [-0.4, -0.2) is 0 Å². The smallest absolute Gasteiger partial charge is 0.124 e. The molecule has 1 aromatic heterocycles. The molecule has 1 heterocycles. The predicted octanol–water partition coefficient (Wildman–Crippen LogP) is 4.05. The van der Waals surface area contributed by atoms with Gasteiger partial charge in [0, 0.05) is 5.75 Å². The van der Waals surface area contributed by atoms with Crippen LogP contribution >= 0.6 is 23.1 Å². The Hall–Kier alpha value is -1.31. The van der Waals surface area contributed by atoms with Gasteiger partial charge in [-0.1, -0.05) is 6.07 Å². The van der Waals surface area contributed by atoms with Crippen LogP contribution in [0.1, 0.15) is 11.1 Å². The molecule has 1 aromatic carbocycles. The molecule has 1 nitrogen and oxygen atoms in total. The highest BCUT2D eigenvalue weighted by atomic mass is 32.2. The Labute approximate surface area is 102 Å². The third-order valence-electron chi connectivity index (χ3n) is 1.96. The Morgan fingerprint density at radius 2 is 2.25 bits per heavy atom. The van der Waals surface area contributed by atoms with Gasteiger partial charge in [-0.15, -0.1) is 23.1 Å². The SMILES string of the molecule is N#Cc1cc(F)cc(CSc2cccs2)c1. The maximum Gasteiger partial charge on any atom is 0.124 e. The minimum atomic E-state index is -0.346. The van der Waals surface area contributed by atoms with Crippen molar-refractivity contribution in [3.05, 3.63) is 52.7 Å². The van der Waals surface area contributed by atoms with Crippen molar-refractivity contribution >= 4 is 23.1 Å². The molecule has 0 aliphatic rings. The molecule has 0 bridgehead atoms. The number of nitriles is 1. The molecule has 2 rings (SSSR count). The maximum absolute atomic E-state index is 13.1. The molecule has 0 radical (unpaired) electrons. The lowest BCUT2D eigenvalue weighted by atomic mass is 10.1. The van der Waals surface area contributed by atoms with Crippen molar-refractivity contribution in [3.63, 3.8) is 0 Å². The van der Waals surface area contributed by atoms with Gasteiger partial charge in [0.05, 0.1) is 15.8 Å². The predicted molar refractivity (Wildman–Crippen MR) is 65.0 cm³/mol. The summed E-state index contributed by atoms with van der Waals surface area (Å²) in [6, 6.07) is 10.4. The van der Waals surface area contributed by atoms with Crippen LogP contribution in [0.15, 0.2) is 39.9 Å². The lowest BCUT2D eigenvalue weighted by Crippen LogP contribution is -1.86. The molecule has 2 aromatic rings. The molecule has 0 aliphatic heterocycles. The van der Waals surface area contributed by atoms with Crippen molar-refractivity contribution in [1.82, 2.24) is 0 Å². The molecular formula is C12H8FNS2. The summed E-state index contributed by atoms with van der Waals surface area (Å²) in [5.41, 5.74) is 1.22. The van der Waals surface area contributed by atoms with Gasteiger partial charge in [-0.25, -0.2) is 4.39 Å². The Bertz CT molecular complexity index is 514. The van der Waals surface area contributed by atoms with Crippen LogP contribution in [0.25, 0.3) is 0 Å². The summed E-state index contributed by atoms with van der Waals surface area (Å²) in [5, 5.41) is 10.7. The highest BCUT2D eigenvalue weighted by molar-refractivity contribution is 8.00. The van der Waals surface area contributed by atoms with E-state index in [0.29, 0.717) is 11.3 Å². The zero-order valence-corrected chi connectivity index (χ0v) is 9.95. The number of hydrogen-bond donors (Lipinski definition) is 0. The van der Waals surface area contributed by atoms with Gasteiger partial charge in [-0.3, -0.25) is 0 Å². The molecule has 0 aliphatic carbocycles. The third kappa shape index (κ3) is 2.84. The van der Waals surface area contributed by atoms with Gasteiger partial charge in [-0.2, -0.15) is 5.26 Å². The number of nitrogens with zero attached hydrogens (tertiary/aromatic N) is 1. The standard InChI is InChI=1S/C12H8FNS2/c13-11-5-9(7-14)4-10(6-11)8-16-12-2-1-3-15-12/h1-6H,8H2. The summed E-state index contributed by atoms with van der Waals surface area (Å²) in [6.45, 7) is 0. The van der Waals surface area contributed by atoms with E-state index in [-0.39, 0.29) is 5.82 Å². The molecule has 0 saturated carbocycles.